The first-order valence-electron chi connectivity index (χ1n) is 8.01. The summed E-state index contributed by atoms with van der Waals surface area (Å²) >= 11 is 0. The van der Waals surface area contributed by atoms with Crippen LogP contribution in [0.3, 0.4) is 0 Å². The van der Waals surface area contributed by atoms with Crippen LogP contribution < -0.4 is 15.0 Å². The van der Waals surface area contributed by atoms with Gasteiger partial charge >= 0.3 is 0 Å². The number of para-hydroxylation sites is 1. The second-order valence-electron chi connectivity index (χ2n) is 5.85. The molecule has 2 amide bonds. The molecule has 0 aromatic heterocycles. The van der Waals surface area contributed by atoms with Crippen LogP contribution in [0, 0.1) is 5.92 Å². The molecule has 3 rings (SSSR count). The van der Waals surface area contributed by atoms with Gasteiger partial charge in [-0.05, 0) is 42.8 Å². The van der Waals surface area contributed by atoms with Crippen LogP contribution >= 0.6 is 0 Å². The number of carbonyl (C=O) groups is 2. The molecule has 2 aromatic carbocycles. The van der Waals surface area contributed by atoms with Crippen LogP contribution in [0.4, 0.5) is 5.69 Å². The smallest absolute Gasteiger partial charge is 0.231 e. The van der Waals surface area contributed by atoms with Crippen LogP contribution in [0.1, 0.15) is 12.8 Å². The van der Waals surface area contributed by atoms with Crippen LogP contribution in [0.25, 0.3) is 0 Å². The van der Waals surface area contributed by atoms with Crippen molar-refractivity contribution in [3.05, 3.63) is 54.6 Å². The fourth-order valence-electron chi connectivity index (χ4n) is 2.71. The summed E-state index contributed by atoms with van der Waals surface area (Å²) in [5.74, 6) is 1.37. The molecular formula is C19H20N2O3. The van der Waals surface area contributed by atoms with E-state index in [4.69, 9.17) is 4.74 Å². The third kappa shape index (κ3) is 3.74. The van der Waals surface area contributed by atoms with Crippen molar-refractivity contribution in [3.63, 3.8) is 0 Å². The van der Waals surface area contributed by atoms with Gasteiger partial charge in [0, 0.05) is 25.7 Å². The fourth-order valence-corrected chi connectivity index (χ4v) is 2.71. The summed E-state index contributed by atoms with van der Waals surface area (Å²) in [5, 5.41) is 2.75. The van der Waals surface area contributed by atoms with E-state index < -0.39 is 0 Å². The Kier molecular flexibility index (Phi) is 4.79. The molecule has 0 radical (unpaired) electrons. The first kappa shape index (κ1) is 16.1. The number of nitrogens with zero attached hydrogens (tertiary/aromatic N) is 1. The molecule has 5 heteroatoms. The molecule has 1 fully saturated rings. The lowest BCUT2D eigenvalue weighted by Crippen LogP contribution is -2.43. The summed E-state index contributed by atoms with van der Waals surface area (Å²) in [7, 11) is 1.76. The van der Waals surface area contributed by atoms with Gasteiger partial charge in [-0.25, -0.2) is 0 Å². The Bertz CT molecular complexity index is 703. The zero-order valence-corrected chi connectivity index (χ0v) is 13.6. The highest BCUT2D eigenvalue weighted by Gasteiger charge is 2.27. The Morgan fingerprint density at radius 2 is 1.75 bits per heavy atom. The van der Waals surface area contributed by atoms with Crippen molar-refractivity contribution in [1.29, 1.82) is 0 Å². The summed E-state index contributed by atoms with van der Waals surface area (Å²) in [6, 6.07) is 16.9. The van der Waals surface area contributed by atoms with Gasteiger partial charge in [0.2, 0.25) is 11.8 Å². The maximum atomic E-state index is 12.5. The largest absolute Gasteiger partial charge is 0.457 e. The molecule has 1 aliphatic rings. The molecule has 24 heavy (non-hydrogen) atoms. The van der Waals surface area contributed by atoms with E-state index in [-0.39, 0.29) is 17.7 Å². The average Bonchev–Trinajstić information content (AvgIpc) is 2.63. The van der Waals surface area contributed by atoms with Gasteiger partial charge in [0.05, 0.1) is 5.92 Å². The minimum absolute atomic E-state index is 0.0177. The van der Waals surface area contributed by atoms with Crippen LogP contribution in [0.15, 0.2) is 54.6 Å². The predicted octanol–water partition coefficient (Wildman–Crippen LogP) is 2.97. The second-order valence-corrected chi connectivity index (χ2v) is 5.85. The van der Waals surface area contributed by atoms with E-state index in [2.05, 4.69) is 5.32 Å². The molecule has 1 atom stereocenters. The molecule has 2 aromatic rings. The van der Waals surface area contributed by atoms with Gasteiger partial charge in [-0.3, -0.25) is 9.59 Å². The highest BCUT2D eigenvalue weighted by Crippen LogP contribution is 2.25. The number of carbonyl (C=O) groups excluding carboxylic acids is 2. The highest BCUT2D eigenvalue weighted by molar-refractivity contribution is 5.95. The summed E-state index contributed by atoms with van der Waals surface area (Å²) < 4.78 is 5.75. The molecule has 0 spiro atoms. The molecule has 1 N–H and O–H groups in total. The predicted molar refractivity (Wildman–Crippen MR) is 92.1 cm³/mol. The minimum atomic E-state index is -0.159. The summed E-state index contributed by atoms with van der Waals surface area (Å²) in [4.78, 5) is 25.4. The maximum Gasteiger partial charge on any atom is 0.231 e. The molecule has 1 aliphatic heterocycles. The molecule has 0 bridgehead atoms. The lowest BCUT2D eigenvalue weighted by Gasteiger charge is -2.26. The van der Waals surface area contributed by atoms with Crippen molar-refractivity contribution in [2.45, 2.75) is 12.8 Å². The average molecular weight is 324 g/mol. The maximum absolute atomic E-state index is 12.5. The van der Waals surface area contributed by atoms with Gasteiger partial charge in [0.1, 0.15) is 11.5 Å². The molecule has 5 nitrogen and oxygen atoms in total. The fraction of sp³-hybridized carbons (Fsp3) is 0.263. The molecule has 1 saturated heterocycles. The van der Waals surface area contributed by atoms with E-state index in [1.165, 1.54) is 0 Å². The topological polar surface area (TPSA) is 58.6 Å². The normalized spacial score (nSPS) is 17.0. The zero-order chi connectivity index (χ0) is 16.9. The minimum Gasteiger partial charge on any atom is -0.457 e. The van der Waals surface area contributed by atoms with E-state index in [9.17, 15) is 9.59 Å². The Morgan fingerprint density at radius 3 is 2.38 bits per heavy atom. The number of piperidine rings is 1. The van der Waals surface area contributed by atoms with E-state index in [0.717, 1.165) is 17.2 Å². The monoisotopic (exact) mass is 324 g/mol. The third-order valence-corrected chi connectivity index (χ3v) is 4.15. The van der Waals surface area contributed by atoms with Gasteiger partial charge in [0.25, 0.3) is 0 Å². The number of rotatable bonds is 4. The highest BCUT2D eigenvalue weighted by atomic mass is 16.5. The lowest BCUT2D eigenvalue weighted by atomic mass is 9.97. The zero-order valence-electron chi connectivity index (χ0n) is 13.6. The molecule has 124 valence electrons. The number of hydrogen-bond donors (Lipinski definition) is 1. The van der Waals surface area contributed by atoms with Gasteiger partial charge in [-0.1, -0.05) is 18.2 Å². The van der Waals surface area contributed by atoms with Crippen molar-refractivity contribution in [2.24, 2.45) is 5.92 Å². The van der Waals surface area contributed by atoms with Crippen LogP contribution in [-0.2, 0) is 9.59 Å². The van der Waals surface area contributed by atoms with Crippen molar-refractivity contribution in [1.82, 2.24) is 5.32 Å². The molecule has 1 heterocycles. The van der Waals surface area contributed by atoms with Gasteiger partial charge < -0.3 is 15.0 Å². The number of anilines is 1. The summed E-state index contributed by atoms with van der Waals surface area (Å²) in [5.41, 5.74) is 0.803. The Hall–Kier alpha value is -2.82. The first-order valence-corrected chi connectivity index (χ1v) is 8.01. The number of ether oxygens (including phenoxy) is 1. The van der Waals surface area contributed by atoms with Crippen molar-refractivity contribution in [3.8, 4) is 11.5 Å². The van der Waals surface area contributed by atoms with Gasteiger partial charge in [-0.15, -0.1) is 0 Å². The second kappa shape index (κ2) is 7.17. The van der Waals surface area contributed by atoms with Crippen molar-refractivity contribution < 1.29 is 14.3 Å². The Labute approximate surface area is 141 Å². The van der Waals surface area contributed by atoms with Crippen LogP contribution in [0.2, 0.25) is 0 Å². The van der Waals surface area contributed by atoms with Gasteiger partial charge in [0.15, 0.2) is 0 Å². The Balaban J connectivity index is 1.64. The van der Waals surface area contributed by atoms with Crippen molar-refractivity contribution >= 4 is 17.5 Å². The quantitative estimate of drug-likeness (QED) is 0.940. The summed E-state index contributed by atoms with van der Waals surface area (Å²) in [6.45, 7) is 0.414. The number of amides is 2. The van der Waals surface area contributed by atoms with E-state index in [1.807, 2.05) is 54.6 Å². The van der Waals surface area contributed by atoms with E-state index in [0.29, 0.717) is 19.4 Å². The molecule has 0 aliphatic carbocycles. The molecule has 0 saturated carbocycles. The standard InChI is InChI=1S/C19H20N2O3/c1-21(19(23)14-7-12-18(22)20-13-14)15-8-10-17(11-9-15)24-16-5-3-2-4-6-16/h2-6,8-11,14H,7,12-13H2,1H3,(H,20,22)/t14-/m0/s1. The number of hydrogen-bond acceptors (Lipinski definition) is 3. The van der Waals surface area contributed by atoms with Crippen LogP contribution in [0.5, 0.6) is 11.5 Å². The SMILES string of the molecule is CN(C(=O)[C@H]1CCC(=O)NC1)c1ccc(Oc2ccccc2)cc1. The third-order valence-electron chi connectivity index (χ3n) is 4.15. The Morgan fingerprint density at radius 1 is 1.08 bits per heavy atom. The van der Waals surface area contributed by atoms with E-state index in [1.54, 1.807) is 11.9 Å². The van der Waals surface area contributed by atoms with Crippen LogP contribution in [-0.4, -0.2) is 25.4 Å². The first-order chi connectivity index (χ1) is 11.6. The molecular weight excluding hydrogens is 304 g/mol. The summed E-state index contributed by atoms with van der Waals surface area (Å²) in [6.07, 6.45) is 1.01. The number of benzene rings is 2. The number of nitrogens with one attached hydrogen (secondary N) is 1. The van der Waals surface area contributed by atoms with Crippen molar-refractivity contribution in [2.75, 3.05) is 18.5 Å². The molecule has 0 unspecified atom stereocenters. The van der Waals surface area contributed by atoms with Gasteiger partial charge in [-0.2, -0.15) is 0 Å². The lowest BCUT2D eigenvalue weighted by molar-refractivity contribution is -0.127. The van der Waals surface area contributed by atoms with E-state index >= 15 is 0 Å².